The van der Waals surface area contributed by atoms with Crippen LogP contribution in [0.15, 0.2) is 54.6 Å². The Hall–Kier alpha value is -2.17. The number of carbonyl (C=O) groups excluding carboxylic acids is 1. The van der Waals surface area contributed by atoms with Crippen LogP contribution >= 0.6 is 0 Å². The van der Waals surface area contributed by atoms with Crippen LogP contribution < -0.4 is 0 Å². The number of ether oxygens (including phenoxy) is 1. The summed E-state index contributed by atoms with van der Waals surface area (Å²) in [6.07, 6.45) is 0.994. The zero-order valence-corrected chi connectivity index (χ0v) is 15.5. The highest BCUT2D eigenvalue weighted by atomic mass is 16.5. The zero-order chi connectivity index (χ0) is 18.1. The van der Waals surface area contributed by atoms with Crippen molar-refractivity contribution in [1.82, 2.24) is 9.80 Å². The number of nitrogens with zero attached hydrogens (tertiary/aromatic N) is 2. The van der Waals surface area contributed by atoms with Crippen LogP contribution in [0.1, 0.15) is 27.9 Å². The van der Waals surface area contributed by atoms with E-state index in [1.54, 1.807) is 0 Å². The predicted molar refractivity (Wildman–Crippen MR) is 102 cm³/mol. The van der Waals surface area contributed by atoms with E-state index in [-0.39, 0.29) is 11.5 Å². The number of aryl methyl sites for hydroxylation is 1. The first-order valence-electron chi connectivity index (χ1n) is 9.29. The summed E-state index contributed by atoms with van der Waals surface area (Å²) in [5.74, 6) is 0.115. The second-order valence-corrected chi connectivity index (χ2v) is 7.78. The normalized spacial score (nSPS) is 21.2. The van der Waals surface area contributed by atoms with Crippen molar-refractivity contribution < 1.29 is 9.53 Å². The lowest BCUT2D eigenvalue weighted by molar-refractivity contribution is -0.0950. The van der Waals surface area contributed by atoms with Crippen molar-refractivity contribution >= 4 is 5.91 Å². The summed E-state index contributed by atoms with van der Waals surface area (Å²) in [4.78, 5) is 16.9. The van der Waals surface area contributed by atoms with E-state index < -0.39 is 0 Å². The van der Waals surface area contributed by atoms with E-state index in [0.717, 1.165) is 30.7 Å². The van der Waals surface area contributed by atoms with Gasteiger partial charge in [0.25, 0.3) is 5.91 Å². The molecule has 2 fully saturated rings. The molecule has 2 saturated heterocycles. The molecule has 0 aromatic heterocycles. The van der Waals surface area contributed by atoms with Gasteiger partial charge in [0.15, 0.2) is 0 Å². The highest BCUT2D eigenvalue weighted by molar-refractivity contribution is 5.95. The summed E-state index contributed by atoms with van der Waals surface area (Å²) in [5, 5.41) is 0. The third-order valence-electron chi connectivity index (χ3n) is 5.60. The highest BCUT2D eigenvalue weighted by Crippen LogP contribution is 2.37. The van der Waals surface area contributed by atoms with Crippen LogP contribution in [0.5, 0.6) is 0 Å². The number of benzene rings is 2. The Morgan fingerprint density at radius 2 is 1.96 bits per heavy atom. The fourth-order valence-corrected chi connectivity index (χ4v) is 4.08. The zero-order valence-electron chi connectivity index (χ0n) is 15.5. The van der Waals surface area contributed by atoms with Crippen molar-refractivity contribution in [2.75, 3.05) is 26.7 Å². The lowest BCUT2D eigenvalue weighted by Crippen LogP contribution is -2.63. The minimum atomic E-state index is -0.144. The Bertz CT molecular complexity index is 784. The molecule has 2 aromatic carbocycles. The van der Waals surface area contributed by atoms with Crippen LogP contribution in [0.3, 0.4) is 0 Å². The van der Waals surface area contributed by atoms with E-state index in [0.29, 0.717) is 19.1 Å². The maximum Gasteiger partial charge on any atom is 0.254 e. The van der Waals surface area contributed by atoms with Gasteiger partial charge in [-0.3, -0.25) is 9.69 Å². The number of amides is 1. The average molecular weight is 350 g/mol. The van der Waals surface area contributed by atoms with Gasteiger partial charge >= 0.3 is 0 Å². The van der Waals surface area contributed by atoms with Crippen LogP contribution in [-0.4, -0.2) is 54.1 Å². The Morgan fingerprint density at radius 1 is 1.19 bits per heavy atom. The minimum absolute atomic E-state index is 0.115. The first kappa shape index (κ1) is 17.3. The average Bonchev–Trinajstić information content (AvgIpc) is 3.07. The molecular formula is C22H26N2O2. The molecule has 0 radical (unpaired) electrons. The Labute approximate surface area is 155 Å². The van der Waals surface area contributed by atoms with Gasteiger partial charge in [0, 0.05) is 18.2 Å². The van der Waals surface area contributed by atoms with Crippen molar-refractivity contribution in [3.05, 3.63) is 71.3 Å². The summed E-state index contributed by atoms with van der Waals surface area (Å²) in [7, 11) is 2.16. The second-order valence-electron chi connectivity index (χ2n) is 7.78. The molecule has 0 N–H and O–H groups in total. The molecule has 2 heterocycles. The molecule has 1 spiro atoms. The van der Waals surface area contributed by atoms with Crippen molar-refractivity contribution in [1.29, 1.82) is 0 Å². The smallest absolute Gasteiger partial charge is 0.254 e. The highest BCUT2D eigenvalue weighted by Gasteiger charge is 2.51. The largest absolute Gasteiger partial charge is 0.370 e. The first-order chi connectivity index (χ1) is 12.5. The standard InChI is InChI=1S/C22H26N2O2/c1-17-7-6-10-19(11-17)21(25)24-15-22(16-24)12-20(14-26-22)23(2)13-18-8-4-3-5-9-18/h3-11,20H,12-16H2,1-2H3. The number of likely N-dealkylation sites (N-methyl/N-ethyl adjacent to an activating group) is 1. The molecule has 4 heteroatoms. The van der Waals surface area contributed by atoms with Crippen LogP contribution in [0, 0.1) is 6.92 Å². The molecule has 0 bridgehead atoms. The predicted octanol–water partition coefficient (Wildman–Crippen LogP) is 3.11. The molecule has 136 valence electrons. The summed E-state index contributed by atoms with van der Waals surface area (Å²) >= 11 is 0. The van der Waals surface area contributed by atoms with Crippen LogP contribution in [0.2, 0.25) is 0 Å². The molecule has 4 rings (SSSR count). The molecule has 0 aliphatic carbocycles. The Morgan fingerprint density at radius 3 is 2.69 bits per heavy atom. The quantitative estimate of drug-likeness (QED) is 0.849. The third-order valence-corrected chi connectivity index (χ3v) is 5.60. The second kappa shape index (κ2) is 6.86. The molecule has 1 unspecified atom stereocenters. The van der Waals surface area contributed by atoms with E-state index in [9.17, 15) is 4.79 Å². The molecular weight excluding hydrogens is 324 g/mol. The van der Waals surface area contributed by atoms with E-state index in [1.165, 1.54) is 5.56 Å². The number of likely N-dealkylation sites (tertiary alicyclic amines) is 1. The van der Waals surface area contributed by atoms with Crippen LogP contribution in [-0.2, 0) is 11.3 Å². The lowest BCUT2D eigenvalue weighted by Gasteiger charge is -2.47. The maximum absolute atomic E-state index is 12.6. The number of carbonyl (C=O) groups is 1. The van der Waals surface area contributed by atoms with Gasteiger partial charge < -0.3 is 9.64 Å². The van der Waals surface area contributed by atoms with Gasteiger partial charge in [-0.1, -0.05) is 48.0 Å². The van der Waals surface area contributed by atoms with Crippen molar-refractivity contribution in [3.63, 3.8) is 0 Å². The first-order valence-corrected chi connectivity index (χ1v) is 9.29. The van der Waals surface area contributed by atoms with E-state index >= 15 is 0 Å². The van der Waals surface area contributed by atoms with Gasteiger partial charge in [0.05, 0.1) is 19.7 Å². The molecule has 2 aromatic rings. The van der Waals surface area contributed by atoms with Crippen LogP contribution in [0.4, 0.5) is 0 Å². The molecule has 2 aliphatic heterocycles. The fraction of sp³-hybridized carbons (Fsp3) is 0.409. The minimum Gasteiger partial charge on any atom is -0.370 e. The van der Waals surface area contributed by atoms with E-state index in [2.05, 4.69) is 36.2 Å². The summed E-state index contributed by atoms with van der Waals surface area (Å²) in [6, 6.07) is 18.7. The van der Waals surface area contributed by atoms with E-state index in [4.69, 9.17) is 4.74 Å². The number of hydrogen-bond donors (Lipinski definition) is 0. The fourth-order valence-electron chi connectivity index (χ4n) is 4.08. The summed E-state index contributed by atoms with van der Waals surface area (Å²) in [5.41, 5.74) is 3.07. The Balaban J connectivity index is 1.33. The molecule has 1 amide bonds. The SMILES string of the molecule is Cc1cccc(C(=O)N2CC3(CC(N(C)Cc4ccccc4)CO3)C2)c1. The monoisotopic (exact) mass is 350 g/mol. The Kier molecular flexibility index (Phi) is 4.55. The van der Waals surface area contributed by atoms with Gasteiger partial charge in [-0.2, -0.15) is 0 Å². The van der Waals surface area contributed by atoms with Gasteiger partial charge in [0.2, 0.25) is 0 Å². The van der Waals surface area contributed by atoms with Crippen molar-refractivity contribution in [2.24, 2.45) is 0 Å². The number of hydrogen-bond acceptors (Lipinski definition) is 3. The lowest BCUT2D eigenvalue weighted by atomic mass is 9.88. The topological polar surface area (TPSA) is 32.8 Å². The molecule has 4 nitrogen and oxygen atoms in total. The third kappa shape index (κ3) is 3.39. The van der Waals surface area contributed by atoms with Crippen LogP contribution in [0.25, 0.3) is 0 Å². The van der Waals surface area contributed by atoms with E-state index in [1.807, 2.05) is 42.2 Å². The van der Waals surface area contributed by atoms with Crippen molar-refractivity contribution in [3.8, 4) is 0 Å². The van der Waals surface area contributed by atoms with Gasteiger partial charge in [0.1, 0.15) is 5.60 Å². The van der Waals surface area contributed by atoms with Gasteiger partial charge in [-0.25, -0.2) is 0 Å². The summed E-state index contributed by atoms with van der Waals surface area (Å²) < 4.78 is 6.15. The molecule has 0 saturated carbocycles. The van der Waals surface area contributed by atoms with Crippen molar-refractivity contribution in [2.45, 2.75) is 31.5 Å². The molecule has 1 atom stereocenters. The van der Waals surface area contributed by atoms with Gasteiger partial charge in [-0.05, 0) is 38.1 Å². The summed E-state index contributed by atoms with van der Waals surface area (Å²) in [6.45, 7) is 5.10. The van der Waals surface area contributed by atoms with Gasteiger partial charge in [-0.15, -0.1) is 0 Å². The molecule has 26 heavy (non-hydrogen) atoms. The maximum atomic E-state index is 12.6. The number of rotatable bonds is 4. The molecule has 2 aliphatic rings.